The number of carbonyl (C=O) groups excluding carboxylic acids is 1. The molecule has 4 aliphatic carbocycles. The maximum atomic E-state index is 13.0. The van der Waals surface area contributed by atoms with Crippen molar-refractivity contribution in [2.24, 2.45) is 23.2 Å². The molecule has 1 saturated heterocycles. The zero-order valence-electron chi connectivity index (χ0n) is 13.2. The van der Waals surface area contributed by atoms with E-state index in [-0.39, 0.29) is 11.3 Å². The fourth-order valence-corrected chi connectivity index (χ4v) is 5.79. The first-order valence-corrected chi connectivity index (χ1v) is 9.23. The lowest BCUT2D eigenvalue weighted by Crippen LogP contribution is -2.53. The Balaban J connectivity index is 1.46. The molecule has 4 bridgehead atoms. The molecule has 2 atom stereocenters. The first-order chi connectivity index (χ1) is 10.6. The van der Waals surface area contributed by atoms with Crippen LogP contribution in [0.3, 0.4) is 0 Å². The highest BCUT2D eigenvalue weighted by atomic mass is 32.1. The Morgan fingerprint density at radius 3 is 2.41 bits per heavy atom. The normalized spacial score (nSPS) is 40.4. The smallest absolute Gasteiger partial charge is 0.232 e. The number of nitrogens with zero attached hydrogens (tertiary/aromatic N) is 1. The van der Waals surface area contributed by atoms with Crippen LogP contribution in [0.1, 0.15) is 44.9 Å². The molecular formula is C17H26N2O2S. The third-order valence-corrected chi connectivity index (χ3v) is 6.75. The van der Waals surface area contributed by atoms with Gasteiger partial charge in [0.1, 0.15) is 0 Å². The van der Waals surface area contributed by atoms with Crippen molar-refractivity contribution in [3.8, 4) is 0 Å². The van der Waals surface area contributed by atoms with Crippen LogP contribution < -0.4 is 5.32 Å². The zero-order chi connectivity index (χ0) is 15.2. The minimum atomic E-state index is -0.130. The SMILES string of the molecule is O=C(NC(=S)N1CCOCC1)C12CCC3C[C@@H](C[C@H](C3)C1)C2. The van der Waals surface area contributed by atoms with Crippen molar-refractivity contribution >= 4 is 23.2 Å². The molecule has 0 aromatic heterocycles. The van der Waals surface area contributed by atoms with E-state index in [0.717, 1.165) is 50.1 Å². The quantitative estimate of drug-likeness (QED) is 0.752. The Hall–Kier alpha value is -0.680. The number of thiocarbonyl (C=S) groups is 1. The Morgan fingerprint density at radius 1 is 1.09 bits per heavy atom. The van der Waals surface area contributed by atoms with Gasteiger partial charge in [0.15, 0.2) is 5.11 Å². The summed E-state index contributed by atoms with van der Waals surface area (Å²) in [6, 6.07) is 0. The van der Waals surface area contributed by atoms with Crippen molar-refractivity contribution in [3.05, 3.63) is 0 Å². The number of carbonyl (C=O) groups is 1. The van der Waals surface area contributed by atoms with Gasteiger partial charge in [-0.05, 0) is 74.9 Å². The molecule has 4 saturated carbocycles. The van der Waals surface area contributed by atoms with Crippen LogP contribution in [-0.2, 0) is 9.53 Å². The average molecular weight is 322 g/mol. The Labute approximate surface area is 137 Å². The van der Waals surface area contributed by atoms with Gasteiger partial charge in [0.25, 0.3) is 0 Å². The third kappa shape index (κ3) is 2.67. The second-order valence-electron chi connectivity index (χ2n) is 7.89. The molecule has 1 aliphatic heterocycles. The number of hydrogen-bond donors (Lipinski definition) is 1. The van der Waals surface area contributed by atoms with Gasteiger partial charge in [0, 0.05) is 13.1 Å². The average Bonchev–Trinajstić information content (AvgIpc) is 2.73. The van der Waals surface area contributed by atoms with E-state index in [9.17, 15) is 4.79 Å². The van der Waals surface area contributed by atoms with Crippen LogP contribution >= 0.6 is 12.2 Å². The molecule has 22 heavy (non-hydrogen) atoms. The van der Waals surface area contributed by atoms with Crippen LogP contribution in [0.2, 0.25) is 0 Å². The summed E-state index contributed by atoms with van der Waals surface area (Å²) in [5, 5.41) is 3.71. The second kappa shape index (κ2) is 5.75. The molecule has 5 fully saturated rings. The van der Waals surface area contributed by atoms with Crippen LogP contribution in [0.25, 0.3) is 0 Å². The van der Waals surface area contributed by atoms with Crippen molar-refractivity contribution < 1.29 is 9.53 Å². The molecule has 1 heterocycles. The molecule has 0 spiro atoms. The highest BCUT2D eigenvalue weighted by molar-refractivity contribution is 7.80. The summed E-state index contributed by atoms with van der Waals surface area (Å²) in [5.41, 5.74) is -0.130. The van der Waals surface area contributed by atoms with E-state index in [1.807, 2.05) is 0 Å². The zero-order valence-corrected chi connectivity index (χ0v) is 14.0. The molecule has 0 radical (unpaired) electrons. The summed E-state index contributed by atoms with van der Waals surface area (Å²) in [6.45, 7) is 2.98. The van der Waals surface area contributed by atoms with E-state index in [2.05, 4.69) is 10.2 Å². The predicted molar refractivity (Wildman–Crippen MR) is 88.4 cm³/mol. The first-order valence-electron chi connectivity index (χ1n) is 8.83. The lowest BCUT2D eigenvalue weighted by Gasteiger charge is -2.44. The minimum absolute atomic E-state index is 0.130. The Bertz CT molecular complexity index is 461. The van der Waals surface area contributed by atoms with E-state index in [4.69, 9.17) is 17.0 Å². The molecular weight excluding hydrogens is 296 g/mol. The van der Waals surface area contributed by atoms with Crippen molar-refractivity contribution in [2.75, 3.05) is 26.3 Å². The van der Waals surface area contributed by atoms with Gasteiger partial charge >= 0.3 is 0 Å². The summed E-state index contributed by atoms with van der Waals surface area (Å²) < 4.78 is 5.36. The molecule has 1 amide bonds. The van der Waals surface area contributed by atoms with Crippen molar-refractivity contribution in [1.29, 1.82) is 0 Å². The van der Waals surface area contributed by atoms with Gasteiger partial charge in [-0.25, -0.2) is 0 Å². The Kier molecular flexibility index (Phi) is 3.89. The topological polar surface area (TPSA) is 41.6 Å². The lowest BCUT2D eigenvalue weighted by molar-refractivity contribution is -0.134. The number of morpholine rings is 1. The summed E-state index contributed by atoms with van der Waals surface area (Å²) in [4.78, 5) is 15.1. The first kappa shape index (κ1) is 14.9. The molecule has 0 aromatic carbocycles. The molecule has 5 aliphatic rings. The maximum Gasteiger partial charge on any atom is 0.232 e. The van der Waals surface area contributed by atoms with E-state index < -0.39 is 0 Å². The number of fused-ring (bicyclic) bond motifs is 1. The summed E-state index contributed by atoms with van der Waals surface area (Å²) in [7, 11) is 0. The van der Waals surface area contributed by atoms with Crippen LogP contribution in [0, 0.1) is 23.2 Å². The maximum absolute atomic E-state index is 13.0. The van der Waals surface area contributed by atoms with Gasteiger partial charge in [-0.2, -0.15) is 0 Å². The molecule has 5 heteroatoms. The van der Waals surface area contributed by atoms with E-state index >= 15 is 0 Å². The molecule has 0 unspecified atom stereocenters. The number of amides is 1. The number of nitrogens with one attached hydrogen (secondary N) is 1. The highest BCUT2D eigenvalue weighted by Crippen LogP contribution is 2.57. The van der Waals surface area contributed by atoms with E-state index in [1.54, 1.807) is 0 Å². The van der Waals surface area contributed by atoms with Crippen LogP contribution in [0.15, 0.2) is 0 Å². The van der Waals surface area contributed by atoms with E-state index in [1.165, 1.54) is 25.7 Å². The monoisotopic (exact) mass is 322 g/mol. The van der Waals surface area contributed by atoms with Crippen LogP contribution in [0.4, 0.5) is 0 Å². The van der Waals surface area contributed by atoms with Gasteiger partial charge in [-0.15, -0.1) is 0 Å². The van der Waals surface area contributed by atoms with Crippen LogP contribution in [0.5, 0.6) is 0 Å². The predicted octanol–water partition coefficient (Wildman–Crippen LogP) is 2.33. The molecule has 5 rings (SSSR count). The molecule has 122 valence electrons. The minimum Gasteiger partial charge on any atom is -0.378 e. The molecule has 4 nitrogen and oxygen atoms in total. The Morgan fingerprint density at radius 2 is 1.73 bits per heavy atom. The third-order valence-electron chi connectivity index (χ3n) is 6.39. The van der Waals surface area contributed by atoms with Crippen molar-refractivity contribution in [2.45, 2.75) is 44.9 Å². The fourth-order valence-electron chi connectivity index (χ4n) is 5.52. The fraction of sp³-hybridized carbons (Fsp3) is 0.882. The number of rotatable bonds is 1. The van der Waals surface area contributed by atoms with Crippen molar-refractivity contribution in [1.82, 2.24) is 10.2 Å². The highest BCUT2D eigenvalue weighted by Gasteiger charge is 2.51. The summed E-state index contributed by atoms with van der Waals surface area (Å²) >= 11 is 5.48. The van der Waals surface area contributed by atoms with Crippen molar-refractivity contribution in [3.63, 3.8) is 0 Å². The summed E-state index contributed by atoms with van der Waals surface area (Å²) in [5.74, 6) is 2.65. The largest absolute Gasteiger partial charge is 0.378 e. The standard InChI is InChI=1S/C17H26N2O2S/c20-15(18-16(22)19-3-5-21-6-4-19)17-2-1-12-7-13(10-17)9-14(8-12)11-17/h12-14H,1-11H2,(H,18,20,22)/t12?,13-,14-,17?/m0/s1. The summed E-state index contributed by atoms with van der Waals surface area (Å²) in [6.07, 6.45) is 8.58. The molecule has 1 N–H and O–H groups in total. The van der Waals surface area contributed by atoms with Gasteiger partial charge in [-0.1, -0.05) is 0 Å². The number of hydrogen-bond acceptors (Lipinski definition) is 3. The second-order valence-corrected chi connectivity index (χ2v) is 8.28. The van der Waals surface area contributed by atoms with E-state index in [0.29, 0.717) is 18.3 Å². The van der Waals surface area contributed by atoms with Gasteiger partial charge in [0.2, 0.25) is 5.91 Å². The number of ether oxygens (including phenoxy) is 1. The van der Waals surface area contributed by atoms with Gasteiger partial charge < -0.3 is 15.0 Å². The van der Waals surface area contributed by atoms with Gasteiger partial charge in [0.05, 0.1) is 18.6 Å². The lowest BCUT2D eigenvalue weighted by atomic mass is 9.61. The molecule has 0 aromatic rings. The van der Waals surface area contributed by atoms with Crippen LogP contribution in [-0.4, -0.2) is 42.2 Å². The van der Waals surface area contributed by atoms with Gasteiger partial charge in [-0.3, -0.25) is 4.79 Å².